The van der Waals surface area contributed by atoms with Crippen molar-refractivity contribution in [2.45, 2.75) is 10.5 Å². The van der Waals surface area contributed by atoms with E-state index < -0.39 is 0 Å². The molecule has 134 valence electrons. The number of ether oxygens (including phenoxy) is 2. The molecule has 0 N–H and O–H groups in total. The van der Waals surface area contributed by atoms with Gasteiger partial charge in [-0.3, -0.25) is 4.79 Å². The molecule has 0 amide bonds. The Kier molecular flexibility index (Phi) is 5.56. The van der Waals surface area contributed by atoms with Gasteiger partial charge in [-0.05, 0) is 48.0 Å². The summed E-state index contributed by atoms with van der Waals surface area (Å²) < 4.78 is 11.4. The summed E-state index contributed by atoms with van der Waals surface area (Å²) in [7, 11) is 0. The zero-order valence-electron chi connectivity index (χ0n) is 14.3. The van der Waals surface area contributed by atoms with E-state index in [2.05, 4.69) is 0 Å². The lowest BCUT2D eigenvalue weighted by atomic mass is 10.1. The number of rotatable bonds is 9. The molecular weight excluding hydrogens is 364 g/mol. The van der Waals surface area contributed by atoms with Gasteiger partial charge in [0.05, 0.1) is 0 Å². The third-order valence-electron chi connectivity index (χ3n) is 4.12. The number of carbonyl (C=O) groups excluding carboxylic acids is 1. The topological polar surface area (TPSA) is 35.5 Å². The van der Waals surface area contributed by atoms with Crippen LogP contribution in [-0.4, -0.2) is 41.0 Å². The molecule has 2 aliphatic heterocycles. The summed E-state index contributed by atoms with van der Waals surface area (Å²) in [5.74, 6) is 4.07. The molecule has 0 aromatic heterocycles. The van der Waals surface area contributed by atoms with Gasteiger partial charge in [0.25, 0.3) is 0 Å². The number of benzene rings is 2. The Morgan fingerprint density at radius 1 is 0.885 bits per heavy atom. The normalized spacial score (nSPS) is 20.8. The summed E-state index contributed by atoms with van der Waals surface area (Å²) >= 11 is 3.84. The predicted molar refractivity (Wildman–Crippen MR) is 110 cm³/mol. The van der Waals surface area contributed by atoms with E-state index in [-0.39, 0.29) is 5.78 Å². The van der Waals surface area contributed by atoms with E-state index in [9.17, 15) is 4.79 Å². The minimum atomic E-state index is -0.0135. The van der Waals surface area contributed by atoms with Gasteiger partial charge < -0.3 is 9.47 Å². The average molecular weight is 385 g/mol. The van der Waals surface area contributed by atoms with Crippen molar-refractivity contribution in [3.05, 3.63) is 65.7 Å². The van der Waals surface area contributed by atoms with Gasteiger partial charge >= 0.3 is 0 Å². The molecule has 5 heteroatoms. The van der Waals surface area contributed by atoms with Gasteiger partial charge in [0.2, 0.25) is 0 Å². The van der Waals surface area contributed by atoms with Crippen LogP contribution in [0.3, 0.4) is 0 Å². The Bertz CT molecular complexity index is 776. The average Bonchev–Trinajstić information content (AvgIpc) is 3.58. The molecule has 2 aromatic carbocycles. The highest BCUT2D eigenvalue weighted by Crippen LogP contribution is 2.31. The summed E-state index contributed by atoms with van der Waals surface area (Å²) in [6.07, 6.45) is 3.44. The Morgan fingerprint density at radius 2 is 1.38 bits per heavy atom. The molecule has 0 aliphatic carbocycles. The van der Waals surface area contributed by atoms with Crippen molar-refractivity contribution < 1.29 is 14.3 Å². The fourth-order valence-corrected chi connectivity index (χ4v) is 3.16. The molecule has 4 rings (SSSR count). The summed E-state index contributed by atoms with van der Waals surface area (Å²) in [5, 5.41) is 1.31. The van der Waals surface area contributed by atoms with Gasteiger partial charge in [0.1, 0.15) is 24.7 Å². The zero-order valence-corrected chi connectivity index (χ0v) is 15.9. The van der Waals surface area contributed by atoms with Gasteiger partial charge in [0, 0.05) is 27.6 Å². The van der Waals surface area contributed by atoms with Crippen molar-refractivity contribution in [3.8, 4) is 11.5 Å². The van der Waals surface area contributed by atoms with Crippen LogP contribution in [0.25, 0.3) is 6.08 Å². The molecule has 2 aromatic rings. The molecule has 2 unspecified atom stereocenters. The Labute approximate surface area is 162 Å². The van der Waals surface area contributed by atoms with Crippen molar-refractivity contribution in [1.29, 1.82) is 0 Å². The molecule has 3 nitrogen and oxygen atoms in total. The molecular formula is C21H20O3S2. The molecule has 0 bridgehead atoms. The molecule has 2 aliphatic rings. The highest BCUT2D eigenvalue weighted by Gasteiger charge is 2.23. The third kappa shape index (κ3) is 5.32. The van der Waals surface area contributed by atoms with Crippen LogP contribution in [0.15, 0.2) is 54.6 Å². The molecule has 0 spiro atoms. The van der Waals surface area contributed by atoms with Crippen LogP contribution in [0, 0.1) is 0 Å². The standard InChI is InChI=1S/C21H20O3S2/c22-21(16-4-8-18(9-5-16)24-12-20-14-26-20)10-3-15-1-6-17(7-2-15)23-11-19-13-25-19/h1-10,19-20H,11-14H2/b10-3+. The summed E-state index contributed by atoms with van der Waals surface area (Å²) in [4.78, 5) is 12.3. The third-order valence-corrected chi connectivity index (χ3v) is 6.00. The lowest BCUT2D eigenvalue weighted by molar-refractivity contribution is 0.104. The first-order valence-electron chi connectivity index (χ1n) is 8.67. The number of thioether (sulfide) groups is 2. The first-order chi connectivity index (χ1) is 12.8. The van der Waals surface area contributed by atoms with E-state index in [0.717, 1.165) is 30.3 Å². The van der Waals surface area contributed by atoms with Gasteiger partial charge in [-0.15, -0.1) is 0 Å². The largest absolute Gasteiger partial charge is 0.492 e. The quantitative estimate of drug-likeness (QED) is 0.359. The van der Waals surface area contributed by atoms with Crippen molar-refractivity contribution in [3.63, 3.8) is 0 Å². The van der Waals surface area contributed by atoms with Crippen LogP contribution >= 0.6 is 23.5 Å². The maximum absolute atomic E-state index is 12.3. The molecule has 2 saturated heterocycles. The molecule has 26 heavy (non-hydrogen) atoms. The maximum Gasteiger partial charge on any atom is 0.185 e. The lowest BCUT2D eigenvalue weighted by Crippen LogP contribution is -2.03. The van der Waals surface area contributed by atoms with Crippen LogP contribution in [0.2, 0.25) is 0 Å². The number of hydrogen-bond acceptors (Lipinski definition) is 5. The monoisotopic (exact) mass is 384 g/mol. The van der Waals surface area contributed by atoms with Crippen molar-refractivity contribution in [2.24, 2.45) is 0 Å². The van der Waals surface area contributed by atoms with Crippen LogP contribution in [-0.2, 0) is 0 Å². The molecule has 2 heterocycles. The van der Waals surface area contributed by atoms with Crippen molar-refractivity contribution in [2.75, 3.05) is 24.7 Å². The first kappa shape index (κ1) is 17.6. The van der Waals surface area contributed by atoms with Gasteiger partial charge in [-0.1, -0.05) is 18.2 Å². The molecule has 0 radical (unpaired) electrons. The first-order valence-corrected chi connectivity index (χ1v) is 10.8. The molecule has 2 atom stereocenters. The Morgan fingerprint density at radius 3 is 1.88 bits per heavy atom. The fraction of sp³-hybridized carbons (Fsp3) is 0.286. The van der Waals surface area contributed by atoms with E-state index >= 15 is 0 Å². The fourth-order valence-electron chi connectivity index (χ4n) is 2.37. The van der Waals surface area contributed by atoms with Crippen LogP contribution in [0.1, 0.15) is 15.9 Å². The van der Waals surface area contributed by atoms with E-state index in [1.165, 1.54) is 11.5 Å². The maximum atomic E-state index is 12.3. The van der Waals surface area contributed by atoms with Gasteiger partial charge in [0.15, 0.2) is 5.78 Å². The van der Waals surface area contributed by atoms with E-state index in [0.29, 0.717) is 16.1 Å². The SMILES string of the molecule is O=C(/C=C/c1ccc(OCC2CS2)cc1)c1ccc(OCC2CS2)cc1. The second-order valence-electron chi connectivity index (χ2n) is 6.32. The molecule has 2 fully saturated rings. The van der Waals surface area contributed by atoms with Gasteiger partial charge in [-0.2, -0.15) is 23.5 Å². The predicted octanol–water partition coefficient (Wildman–Crippen LogP) is 4.57. The summed E-state index contributed by atoms with van der Waals surface area (Å²) in [5.41, 5.74) is 1.64. The smallest absolute Gasteiger partial charge is 0.185 e. The van der Waals surface area contributed by atoms with E-state index in [1.807, 2.05) is 78.1 Å². The van der Waals surface area contributed by atoms with E-state index in [4.69, 9.17) is 9.47 Å². The number of ketones is 1. The van der Waals surface area contributed by atoms with Crippen LogP contribution in [0.5, 0.6) is 11.5 Å². The van der Waals surface area contributed by atoms with Crippen molar-refractivity contribution >= 4 is 35.4 Å². The highest BCUT2D eigenvalue weighted by atomic mass is 32.2. The number of allylic oxidation sites excluding steroid dienone is 1. The number of carbonyl (C=O) groups is 1. The molecule has 0 saturated carbocycles. The second kappa shape index (κ2) is 8.23. The second-order valence-corrected chi connectivity index (χ2v) is 8.99. The summed E-state index contributed by atoms with van der Waals surface area (Å²) in [6, 6.07) is 15.2. The minimum Gasteiger partial charge on any atom is -0.492 e. The highest BCUT2D eigenvalue weighted by molar-refractivity contribution is 8.07. The van der Waals surface area contributed by atoms with E-state index in [1.54, 1.807) is 6.08 Å². The van der Waals surface area contributed by atoms with Crippen molar-refractivity contribution in [1.82, 2.24) is 0 Å². The zero-order chi connectivity index (χ0) is 17.8. The van der Waals surface area contributed by atoms with Gasteiger partial charge in [-0.25, -0.2) is 0 Å². The van der Waals surface area contributed by atoms with Crippen LogP contribution in [0.4, 0.5) is 0 Å². The Hall–Kier alpha value is -1.85. The Balaban J connectivity index is 1.29. The summed E-state index contributed by atoms with van der Waals surface area (Å²) in [6.45, 7) is 1.52. The minimum absolute atomic E-state index is 0.0135. The lowest BCUT2D eigenvalue weighted by Gasteiger charge is -2.05. The van der Waals surface area contributed by atoms with Crippen LogP contribution < -0.4 is 9.47 Å². The number of hydrogen-bond donors (Lipinski definition) is 0.